The molecule has 3 heterocycles. The Hall–Kier alpha value is -2.70. The van der Waals surface area contributed by atoms with Crippen molar-refractivity contribution in [1.82, 2.24) is 14.7 Å². The smallest absolute Gasteiger partial charge is 0.238 e. The van der Waals surface area contributed by atoms with E-state index in [-0.39, 0.29) is 11.6 Å². The first-order valence-electron chi connectivity index (χ1n) is 7.74. The van der Waals surface area contributed by atoms with Gasteiger partial charge in [0, 0.05) is 45.3 Å². The molecule has 4 rings (SSSR count). The fourth-order valence-electron chi connectivity index (χ4n) is 2.38. The van der Waals surface area contributed by atoms with Crippen LogP contribution in [0.25, 0.3) is 0 Å². The molecule has 0 aromatic carbocycles. The Kier molecular flexibility index (Phi) is 4.33. The van der Waals surface area contributed by atoms with E-state index >= 15 is 0 Å². The van der Waals surface area contributed by atoms with E-state index in [9.17, 15) is 14.4 Å². The second-order valence-electron chi connectivity index (χ2n) is 5.75. The van der Waals surface area contributed by atoms with Crippen LogP contribution in [0.5, 0.6) is 0 Å². The molecule has 1 N–H and O–H groups in total. The number of nitrogens with zero attached hydrogens (tertiary/aromatic N) is 4. The molecule has 1 atom stereocenters. The van der Waals surface area contributed by atoms with Crippen LogP contribution in [-0.2, 0) is 14.4 Å². The van der Waals surface area contributed by atoms with Crippen LogP contribution < -0.4 is 0 Å². The van der Waals surface area contributed by atoms with E-state index in [0.717, 1.165) is 45.3 Å². The Bertz CT molecular complexity index is 693. The van der Waals surface area contributed by atoms with Gasteiger partial charge in [0.1, 0.15) is 11.4 Å². The van der Waals surface area contributed by atoms with Crippen molar-refractivity contribution in [3.63, 3.8) is 0 Å². The van der Waals surface area contributed by atoms with Crippen LogP contribution in [0.2, 0.25) is 0 Å². The number of carbonyl (C=O) groups is 2. The van der Waals surface area contributed by atoms with Crippen LogP contribution >= 0.6 is 0 Å². The van der Waals surface area contributed by atoms with Gasteiger partial charge in [-0.2, -0.15) is 4.99 Å². The third-order valence-corrected chi connectivity index (χ3v) is 3.88. The lowest BCUT2D eigenvalue weighted by molar-refractivity contribution is -0.117. The van der Waals surface area contributed by atoms with Crippen molar-refractivity contribution in [2.75, 3.05) is 39.3 Å². The summed E-state index contributed by atoms with van der Waals surface area (Å²) in [6, 6.07) is 0. The Labute approximate surface area is 139 Å². The average molecular weight is 330 g/mol. The number of isocyanates is 1. The van der Waals surface area contributed by atoms with Gasteiger partial charge in [-0.1, -0.05) is 6.58 Å². The van der Waals surface area contributed by atoms with E-state index in [0.29, 0.717) is 17.1 Å². The molecule has 8 nitrogen and oxygen atoms in total. The zero-order chi connectivity index (χ0) is 17.3. The highest BCUT2D eigenvalue weighted by Crippen LogP contribution is 2.33. The zero-order valence-electron chi connectivity index (χ0n) is 13.1. The largest absolute Gasteiger partial charge is 0.368 e. The van der Waals surface area contributed by atoms with Crippen molar-refractivity contribution in [2.45, 2.75) is 6.23 Å². The lowest BCUT2D eigenvalue weighted by Crippen LogP contribution is -2.29. The summed E-state index contributed by atoms with van der Waals surface area (Å²) in [7, 11) is 0. The third-order valence-electron chi connectivity index (χ3n) is 3.88. The summed E-state index contributed by atoms with van der Waals surface area (Å²) in [6.45, 7) is 8.56. The van der Waals surface area contributed by atoms with Crippen LogP contribution in [0.15, 0.2) is 40.8 Å². The molecule has 4 aliphatic rings. The van der Waals surface area contributed by atoms with Gasteiger partial charge in [0.25, 0.3) is 0 Å². The lowest BCUT2D eigenvalue weighted by Gasteiger charge is -2.21. The molecule has 0 bridgehead atoms. The van der Waals surface area contributed by atoms with Crippen molar-refractivity contribution in [3.8, 4) is 0 Å². The third kappa shape index (κ3) is 3.45. The predicted molar refractivity (Wildman–Crippen MR) is 84.2 cm³/mol. The molecule has 126 valence electrons. The summed E-state index contributed by atoms with van der Waals surface area (Å²) in [4.78, 5) is 42.6. The average Bonchev–Trinajstić information content (AvgIpc) is 3.40. The summed E-state index contributed by atoms with van der Waals surface area (Å²) >= 11 is 0. The van der Waals surface area contributed by atoms with Gasteiger partial charge in [-0.15, -0.1) is 0 Å². The quantitative estimate of drug-likeness (QED) is 0.227. The predicted octanol–water partition coefficient (Wildman–Crippen LogP) is -0.993. The molecule has 0 aromatic rings. The first-order valence-corrected chi connectivity index (χ1v) is 7.74. The molecular formula is C16H18N4O4. The fourth-order valence-corrected chi connectivity index (χ4v) is 2.38. The minimum atomic E-state index is -1.09. The van der Waals surface area contributed by atoms with Gasteiger partial charge in [0.05, 0.1) is 5.70 Å². The molecule has 3 saturated heterocycles. The highest BCUT2D eigenvalue weighted by molar-refractivity contribution is 6.22. The first kappa shape index (κ1) is 16.2. The number of hydrogen-bond donors (Lipinski definition) is 1. The normalized spacial score (nSPS) is 22.2. The van der Waals surface area contributed by atoms with Gasteiger partial charge >= 0.3 is 0 Å². The van der Waals surface area contributed by atoms with Gasteiger partial charge < -0.3 is 19.8 Å². The summed E-state index contributed by atoms with van der Waals surface area (Å²) in [5.41, 5.74) is 1.89. The number of aliphatic imine (C=N–C) groups is 1. The summed E-state index contributed by atoms with van der Waals surface area (Å²) in [5.74, 6) is 0.0485. The Balaban J connectivity index is 0.000000209. The molecular weight excluding hydrogens is 312 g/mol. The number of allylic oxidation sites excluding steroid dienone is 1. The molecule has 24 heavy (non-hydrogen) atoms. The number of Topliss-reactive ketones (excluding diaryl/α,β-unsaturated/α-hetero) is 1. The van der Waals surface area contributed by atoms with Gasteiger partial charge in [-0.05, 0) is 6.08 Å². The maximum absolute atomic E-state index is 12.4. The van der Waals surface area contributed by atoms with Crippen LogP contribution in [-0.4, -0.2) is 82.9 Å². The molecule has 8 heteroatoms. The maximum Gasteiger partial charge on any atom is 0.238 e. The number of rotatable bonds is 5. The number of ketones is 2. The number of hydrogen-bond acceptors (Lipinski definition) is 8. The lowest BCUT2D eigenvalue weighted by atomic mass is 10.0. The van der Waals surface area contributed by atoms with E-state index in [4.69, 9.17) is 5.11 Å². The Morgan fingerprint density at radius 2 is 1.62 bits per heavy atom. The van der Waals surface area contributed by atoms with Gasteiger partial charge in [0.2, 0.25) is 17.6 Å². The van der Waals surface area contributed by atoms with Gasteiger partial charge in [-0.25, -0.2) is 4.79 Å². The fraction of sp³-hybridized carbons (Fsp3) is 0.438. The van der Waals surface area contributed by atoms with Gasteiger partial charge in [-0.3, -0.25) is 9.59 Å². The van der Waals surface area contributed by atoms with Crippen molar-refractivity contribution in [2.24, 2.45) is 4.99 Å². The van der Waals surface area contributed by atoms with E-state index < -0.39 is 6.23 Å². The molecule has 3 aliphatic heterocycles. The summed E-state index contributed by atoms with van der Waals surface area (Å²) < 4.78 is 0. The topological polar surface area (TPSA) is 92.8 Å². The maximum atomic E-state index is 12.4. The summed E-state index contributed by atoms with van der Waals surface area (Å²) in [5, 5.41) is 8.31. The number of aliphatic hydroxyl groups excluding tert-OH is 1. The minimum Gasteiger partial charge on any atom is -0.368 e. The number of aliphatic hydroxyl groups is 1. The summed E-state index contributed by atoms with van der Waals surface area (Å²) in [6.07, 6.45) is 2.74. The van der Waals surface area contributed by atoms with Crippen LogP contribution in [0, 0.1) is 0 Å². The van der Waals surface area contributed by atoms with E-state index in [1.54, 1.807) is 0 Å². The highest BCUT2D eigenvalue weighted by Gasteiger charge is 2.43. The van der Waals surface area contributed by atoms with Crippen molar-refractivity contribution in [3.05, 3.63) is 35.8 Å². The van der Waals surface area contributed by atoms with Crippen LogP contribution in [0.1, 0.15) is 0 Å². The van der Waals surface area contributed by atoms with Gasteiger partial charge in [0.15, 0.2) is 6.23 Å². The van der Waals surface area contributed by atoms with Crippen molar-refractivity contribution in [1.29, 1.82) is 0 Å². The number of carbonyl (C=O) groups excluding carboxylic acids is 3. The molecule has 0 amide bonds. The second-order valence-corrected chi connectivity index (χ2v) is 5.75. The monoisotopic (exact) mass is 330 g/mol. The second kappa shape index (κ2) is 6.43. The SMILES string of the molecule is C=CC(O)N=C=O.O=C1C=C(N2CC2)C(=O)C(N2CC2)=C1N1CC1. The first-order chi connectivity index (χ1) is 11.6. The molecule has 3 fully saturated rings. The zero-order valence-corrected chi connectivity index (χ0v) is 13.1. The van der Waals surface area contributed by atoms with E-state index in [1.807, 2.05) is 14.7 Å². The van der Waals surface area contributed by atoms with E-state index in [1.165, 1.54) is 12.2 Å². The minimum absolute atomic E-state index is 0.00546. The van der Waals surface area contributed by atoms with Crippen LogP contribution in [0.3, 0.4) is 0 Å². The van der Waals surface area contributed by atoms with Crippen molar-refractivity contribution < 1.29 is 19.5 Å². The molecule has 0 aromatic heterocycles. The molecule has 0 saturated carbocycles. The van der Waals surface area contributed by atoms with Crippen molar-refractivity contribution >= 4 is 17.6 Å². The highest BCUT2D eigenvalue weighted by atomic mass is 16.3. The van der Waals surface area contributed by atoms with Crippen LogP contribution in [0.4, 0.5) is 0 Å². The standard InChI is InChI=1S/C12H13N3O2.C4H5NO2/c16-9-7-8(13-1-2-13)12(17)11(15-5-6-15)10(9)14-3-4-14;1-2-4(7)5-3-6/h7H,1-6H2;2,4,7H,1H2. The Morgan fingerprint density at radius 1 is 1.08 bits per heavy atom. The molecule has 1 unspecified atom stereocenters. The molecule has 1 aliphatic carbocycles. The molecule has 0 radical (unpaired) electrons. The molecule has 0 spiro atoms. The Morgan fingerprint density at radius 3 is 2.04 bits per heavy atom. The van der Waals surface area contributed by atoms with E-state index in [2.05, 4.69) is 11.6 Å².